The van der Waals surface area contributed by atoms with Crippen LogP contribution in [0.1, 0.15) is 10.4 Å². The first kappa shape index (κ1) is 62.1. The molecule has 0 aliphatic heterocycles. The summed E-state index contributed by atoms with van der Waals surface area (Å²) in [6.45, 7) is 0. The molecule has 0 unspecified atom stereocenters. The van der Waals surface area contributed by atoms with Crippen molar-refractivity contribution in [3.8, 4) is 39.3 Å². The number of benzene rings is 6. The summed E-state index contributed by atoms with van der Waals surface area (Å²) < 4.78 is 57.8. The number of nitrogen functional groups attached to an aromatic ring is 1. The molecule has 0 amide bonds. The quantitative estimate of drug-likeness (QED) is 0.0780. The van der Waals surface area contributed by atoms with Crippen molar-refractivity contribution < 1.29 is 26.4 Å². The van der Waals surface area contributed by atoms with Crippen LogP contribution in [-0.2, 0) is 26.7 Å². The standard InChI is InChI=1S/C27H20N8O2.2C20H15BrN4O2S/c1-35-11-6-16-2-3-17(12-23(16)35)20-13-18(14-21-25(20)31-10-9-30-21)33-22-15-29-7-4-19(22)26(36)37-24-5-8-32-27(28)34-24;1-28(26,27)19-6-7-22-12-18(19)25-15-10-16(13-2-4-14(21)5-3-13)20-17(11-15)23-8-9-24-20;1-28(26,27)19-5-6-22-12-18(19)25-15-10-16(13-3-2-4-14(21)9-13)20-17(11-15)23-7-8-24-20/h2-15,33H,1H3,(H2,28,32,34);2*2-12,25H,1H3. The molecule has 0 saturated heterocycles. The zero-order valence-electron chi connectivity index (χ0n) is 49.3. The van der Waals surface area contributed by atoms with Crippen LogP contribution in [0.4, 0.5) is 40.1 Å². The van der Waals surface area contributed by atoms with Gasteiger partial charge in [0.2, 0.25) is 11.8 Å². The zero-order valence-corrected chi connectivity index (χ0v) is 54.1. The molecule has 14 rings (SSSR count). The lowest BCUT2D eigenvalue weighted by Gasteiger charge is -2.14. The molecule has 5 N–H and O–H groups in total. The molecule has 460 valence electrons. The van der Waals surface area contributed by atoms with Crippen LogP contribution in [0.2, 0.25) is 0 Å². The Kier molecular flexibility index (Phi) is 17.9. The highest BCUT2D eigenvalue weighted by atomic mass is 79.9. The average molecular weight is 1400 g/mol. The first-order valence-electron chi connectivity index (χ1n) is 28.0. The number of anilines is 7. The molecule has 0 spiro atoms. The molecule has 0 aliphatic carbocycles. The highest BCUT2D eigenvalue weighted by Gasteiger charge is 2.20. The van der Waals surface area contributed by atoms with Crippen LogP contribution < -0.4 is 26.4 Å². The van der Waals surface area contributed by atoms with Gasteiger partial charge >= 0.3 is 5.97 Å². The summed E-state index contributed by atoms with van der Waals surface area (Å²) in [6, 6.07) is 41.5. The minimum absolute atomic E-state index is 0.0108. The van der Waals surface area contributed by atoms with Gasteiger partial charge in [-0.2, -0.15) is 4.98 Å². The Bertz CT molecular complexity index is 5420. The number of hydrogen-bond donors (Lipinski definition) is 4. The second kappa shape index (κ2) is 26.8. The third-order valence-electron chi connectivity index (χ3n) is 14.3. The molecule has 8 aromatic heterocycles. The monoisotopic (exact) mass is 1400 g/mol. The molecular weight excluding hydrogens is 1350 g/mol. The van der Waals surface area contributed by atoms with Gasteiger partial charge in [-0.1, -0.05) is 68.3 Å². The maximum Gasteiger partial charge on any atom is 0.347 e. The van der Waals surface area contributed by atoms with Gasteiger partial charge in [0.1, 0.15) is 0 Å². The lowest BCUT2D eigenvalue weighted by atomic mass is 10.0. The summed E-state index contributed by atoms with van der Waals surface area (Å²) in [5, 5.41) is 10.8. The van der Waals surface area contributed by atoms with E-state index in [2.05, 4.69) is 131 Å². The summed E-state index contributed by atoms with van der Waals surface area (Å²) >= 11 is 6.95. The number of aromatic nitrogens is 12. The van der Waals surface area contributed by atoms with Gasteiger partial charge in [0.05, 0.1) is 84.1 Å². The second-order valence-corrected chi connectivity index (χ2v) is 26.6. The first-order valence-corrected chi connectivity index (χ1v) is 33.4. The van der Waals surface area contributed by atoms with Crippen molar-refractivity contribution in [2.24, 2.45) is 7.05 Å². The lowest BCUT2D eigenvalue weighted by molar-refractivity contribution is 0.0728. The normalized spacial score (nSPS) is 11.3. The number of carbonyl (C=O) groups is 1. The van der Waals surface area contributed by atoms with Crippen LogP contribution in [-0.4, -0.2) is 94.7 Å². The fourth-order valence-electron chi connectivity index (χ4n) is 10.1. The molecule has 0 radical (unpaired) electrons. The van der Waals surface area contributed by atoms with E-state index in [0.717, 1.165) is 69.8 Å². The van der Waals surface area contributed by atoms with Crippen LogP contribution in [0.25, 0.3) is 77.4 Å². The van der Waals surface area contributed by atoms with Gasteiger partial charge < -0.3 is 31.0 Å². The number of sulfone groups is 2. The maximum atomic E-state index is 13.0. The van der Waals surface area contributed by atoms with E-state index in [1.54, 1.807) is 49.4 Å². The molecule has 0 bridgehead atoms. The van der Waals surface area contributed by atoms with Crippen molar-refractivity contribution in [3.63, 3.8) is 0 Å². The van der Waals surface area contributed by atoms with Crippen molar-refractivity contribution in [1.82, 2.24) is 59.4 Å². The number of nitrogens with zero attached hydrogens (tertiary/aromatic N) is 12. The van der Waals surface area contributed by atoms with Crippen LogP contribution in [0.5, 0.6) is 5.88 Å². The second-order valence-electron chi connectivity index (χ2n) is 20.8. The average Bonchev–Trinajstić information content (AvgIpc) is 1.77. The largest absolute Gasteiger partial charge is 0.404 e. The number of aryl methyl sites for hydroxylation is 1. The molecule has 0 atom stereocenters. The van der Waals surface area contributed by atoms with Crippen molar-refractivity contribution in [1.29, 1.82) is 0 Å². The highest BCUT2D eigenvalue weighted by Crippen LogP contribution is 2.37. The zero-order chi connectivity index (χ0) is 64.8. The molecule has 0 aliphatic rings. The van der Waals surface area contributed by atoms with Crippen LogP contribution >= 0.6 is 31.9 Å². The molecule has 6 aromatic carbocycles. The fourth-order valence-corrected chi connectivity index (χ4v) is 12.4. The van der Waals surface area contributed by atoms with Crippen molar-refractivity contribution in [2.75, 3.05) is 34.2 Å². The maximum absolute atomic E-state index is 13.0. The SMILES string of the molecule is CS(=O)(=O)c1ccncc1Nc1cc(-c2ccc(Br)cc2)c2nccnc2c1.CS(=O)(=O)c1ccncc1Nc1cc(-c2cccc(Br)c2)c2nccnc2c1.Cn1ccc2ccc(-c3cc(Nc4cnccc4C(=O)Oc4ccnc(N)n4)cc4nccnc34)cc21. The smallest absolute Gasteiger partial charge is 0.347 e. The van der Waals surface area contributed by atoms with E-state index in [4.69, 9.17) is 10.5 Å². The number of pyridine rings is 3. The Labute approximate surface area is 548 Å². The number of hydrogen-bond acceptors (Lipinski definition) is 21. The van der Waals surface area contributed by atoms with Crippen molar-refractivity contribution in [3.05, 3.63) is 235 Å². The third kappa shape index (κ3) is 14.4. The predicted molar refractivity (Wildman–Crippen MR) is 367 cm³/mol. The molecule has 26 heteroatoms. The first-order chi connectivity index (χ1) is 44.9. The van der Waals surface area contributed by atoms with E-state index < -0.39 is 25.6 Å². The molecular formula is C67H50Br2N16O6S2. The molecule has 8 heterocycles. The number of esters is 1. The van der Waals surface area contributed by atoms with Gasteiger partial charge in [-0.25, -0.2) is 26.6 Å². The number of halogens is 2. The molecule has 14 aromatic rings. The van der Waals surface area contributed by atoms with E-state index in [1.807, 2.05) is 98.2 Å². The highest BCUT2D eigenvalue weighted by molar-refractivity contribution is 9.10. The topological polar surface area (TPSA) is 303 Å². The summed E-state index contributed by atoms with van der Waals surface area (Å²) in [5.74, 6) is -0.547. The third-order valence-corrected chi connectivity index (χ3v) is 17.6. The summed E-state index contributed by atoms with van der Waals surface area (Å²) in [7, 11) is -4.78. The number of nitrogens with two attached hydrogens (primary N) is 1. The fraction of sp³-hybridized carbons (Fsp3) is 0.0448. The van der Waals surface area contributed by atoms with Crippen LogP contribution in [0, 0.1) is 0 Å². The summed E-state index contributed by atoms with van der Waals surface area (Å²) in [6.07, 6.45) is 24.7. The number of carbonyl (C=O) groups excluding carboxylic acids is 1. The lowest BCUT2D eigenvalue weighted by Crippen LogP contribution is -2.12. The van der Waals surface area contributed by atoms with Gasteiger partial charge in [-0.05, 0) is 113 Å². The number of rotatable bonds is 13. The predicted octanol–water partition coefficient (Wildman–Crippen LogP) is 13.7. The van der Waals surface area contributed by atoms with E-state index in [0.29, 0.717) is 50.7 Å². The Morgan fingerprint density at radius 3 is 1.49 bits per heavy atom. The Morgan fingerprint density at radius 1 is 0.484 bits per heavy atom. The number of nitrogens with one attached hydrogen (secondary N) is 3. The van der Waals surface area contributed by atoms with Crippen molar-refractivity contribution in [2.45, 2.75) is 9.79 Å². The molecule has 0 fully saturated rings. The minimum Gasteiger partial charge on any atom is -0.404 e. The van der Waals surface area contributed by atoms with E-state index in [9.17, 15) is 21.6 Å². The van der Waals surface area contributed by atoms with Gasteiger partial charge in [0, 0.05) is 142 Å². The number of ether oxygens (including phenoxy) is 1. The van der Waals surface area contributed by atoms with Gasteiger partial charge in [0.15, 0.2) is 19.7 Å². The Balaban J connectivity index is 0.000000136. The molecule has 22 nitrogen and oxygen atoms in total. The van der Waals surface area contributed by atoms with Crippen LogP contribution in [0.3, 0.4) is 0 Å². The van der Waals surface area contributed by atoms with Gasteiger partial charge in [-0.3, -0.25) is 44.9 Å². The number of fused-ring (bicyclic) bond motifs is 4. The van der Waals surface area contributed by atoms with Crippen molar-refractivity contribution >= 4 is 142 Å². The van der Waals surface area contributed by atoms with E-state index >= 15 is 0 Å². The van der Waals surface area contributed by atoms with Gasteiger partial charge in [-0.15, -0.1) is 0 Å². The molecule has 93 heavy (non-hydrogen) atoms. The van der Waals surface area contributed by atoms with E-state index in [1.165, 1.54) is 67.9 Å². The van der Waals surface area contributed by atoms with E-state index in [-0.39, 0.29) is 27.2 Å². The Hall–Kier alpha value is -11.1. The van der Waals surface area contributed by atoms with Gasteiger partial charge in [0.25, 0.3) is 0 Å². The minimum atomic E-state index is -3.40. The summed E-state index contributed by atoms with van der Waals surface area (Å²) in [5.41, 5.74) is 20.4. The van der Waals surface area contributed by atoms with Crippen LogP contribution in [0.15, 0.2) is 239 Å². The Morgan fingerprint density at radius 2 is 0.968 bits per heavy atom. The molecule has 0 saturated carbocycles. The summed E-state index contributed by atoms with van der Waals surface area (Å²) in [4.78, 5) is 60.2.